The highest BCUT2D eigenvalue weighted by molar-refractivity contribution is 5.98. The van der Waals surface area contributed by atoms with Crippen molar-refractivity contribution in [3.8, 4) is 28.3 Å². The van der Waals surface area contributed by atoms with Gasteiger partial charge in [0.25, 0.3) is 0 Å². The van der Waals surface area contributed by atoms with Gasteiger partial charge in [-0.1, -0.05) is 140 Å². The Labute approximate surface area is 298 Å². The van der Waals surface area contributed by atoms with E-state index in [2.05, 4.69) is 144 Å². The van der Waals surface area contributed by atoms with Crippen molar-refractivity contribution in [3.63, 3.8) is 0 Å². The normalized spacial score (nSPS) is 12.0. The van der Waals surface area contributed by atoms with E-state index in [9.17, 15) is 10.1 Å². The van der Waals surface area contributed by atoms with Crippen LogP contribution < -0.4 is 4.90 Å². The molecular weight excluding hydrogens is 613 g/mol. The van der Waals surface area contributed by atoms with Crippen LogP contribution in [0.15, 0.2) is 127 Å². The van der Waals surface area contributed by atoms with E-state index in [0.29, 0.717) is 0 Å². The second-order valence-electron chi connectivity index (χ2n) is 15.3. The summed E-state index contributed by atoms with van der Waals surface area (Å²) in [6, 6.07) is 44.8. The minimum absolute atomic E-state index is 0.0208. The van der Waals surface area contributed by atoms with Gasteiger partial charge in [-0.25, -0.2) is 4.79 Å². The van der Waals surface area contributed by atoms with Crippen LogP contribution in [0.4, 0.5) is 17.1 Å². The molecule has 0 aliphatic rings. The van der Waals surface area contributed by atoms with Gasteiger partial charge in [0.15, 0.2) is 0 Å². The summed E-state index contributed by atoms with van der Waals surface area (Å²) in [6.45, 7) is 17.6. The van der Waals surface area contributed by atoms with E-state index >= 15 is 0 Å². The SMILES string of the molecule is CC(C)COC(=O)/C(C#N)=C\c1ccc(N(c2ccc(-c3ccc(C(C)(C)C)cc3)cc2)c2ccc(-c3ccc(C(C)(C)C)cc3)cc2)cc1. The average molecular weight is 661 g/mol. The Morgan fingerprint density at radius 1 is 0.620 bits per heavy atom. The lowest BCUT2D eigenvalue weighted by atomic mass is 9.86. The summed E-state index contributed by atoms with van der Waals surface area (Å²) in [4.78, 5) is 14.7. The van der Waals surface area contributed by atoms with Crippen LogP contribution in [-0.2, 0) is 20.4 Å². The number of nitrogens with zero attached hydrogens (tertiary/aromatic N) is 2. The zero-order chi connectivity index (χ0) is 36.1. The van der Waals surface area contributed by atoms with E-state index < -0.39 is 5.97 Å². The molecule has 0 unspecified atom stereocenters. The fourth-order valence-corrected chi connectivity index (χ4v) is 5.72. The Morgan fingerprint density at radius 2 is 0.960 bits per heavy atom. The molecule has 0 aromatic heterocycles. The third kappa shape index (κ3) is 8.79. The Kier molecular flexibility index (Phi) is 10.8. The Balaban J connectivity index is 1.48. The molecular formula is C46H48N2O2. The first-order valence-electron chi connectivity index (χ1n) is 17.3. The summed E-state index contributed by atoms with van der Waals surface area (Å²) < 4.78 is 5.29. The fraction of sp³-hybridized carbons (Fsp3) is 0.261. The summed E-state index contributed by atoms with van der Waals surface area (Å²) in [7, 11) is 0. The quantitative estimate of drug-likeness (QED) is 0.0897. The molecule has 0 atom stereocenters. The number of benzene rings is 5. The molecule has 0 spiro atoms. The van der Waals surface area contributed by atoms with Crippen LogP contribution in [0.3, 0.4) is 0 Å². The summed E-state index contributed by atoms with van der Waals surface area (Å²) >= 11 is 0. The number of carbonyl (C=O) groups is 1. The highest BCUT2D eigenvalue weighted by Gasteiger charge is 2.17. The van der Waals surface area contributed by atoms with Gasteiger partial charge in [0, 0.05) is 17.1 Å². The molecule has 0 aliphatic heterocycles. The molecule has 0 heterocycles. The van der Waals surface area contributed by atoms with Crippen LogP contribution in [0.5, 0.6) is 0 Å². The van der Waals surface area contributed by atoms with Gasteiger partial charge in [-0.05, 0) is 98.2 Å². The molecule has 0 N–H and O–H groups in total. The number of rotatable bonds is 9. The van der Waals surface area contributed by atoms with E-state index in [1.54, 1.807) is 6.08 Å². The van der Waals surface area contributed by atoms with Gasteiger partial charge in [-0.15, -0.1) is 0 Å². The largest absolute Gasteiger partial charge is 0.461 e. The van der Waals surface area contributed by atoms with E-state index in [0.717, 1.165) is 33.8 Å². The molecule has 5 aromatic rings. The maximum absolute atomic E-state index is 12.5. The minimum atomic E-state index is -0.604. The predicted molar refractivity (Wildman–Crippen MR) is 209 cm³/mol. The molecule has 0 amide bonds. The molecule has 0 bridgehead atoms. The van der Waals surface area contributed by atoms with Gasteiger partial charge < -0.3 is 9.64 Å². The van der Waals surface area contributed by atoms with Crippen LogP contribution in [0.1, 0.15) is 72.1 Å². The van der Waals surface area contributed by atoms with Crippen molar-refractivity contribution < 1.29 is 9.53 Å². The number of hydrogen-bond acceptors (Lipinski definition) is 4. The molecule has 0 saturated heterocycles. The zero-order valence-corrected chi connectivity index (χ0v) is 30.6. The number of anilines is 3. The molecule has 0 aliphatic carbocycles. The van der Waals surface area contributed by atoms with Crippen molar-refractivity contribution in [1.29, 1.82) is 5.26 Å². The first-order valence-corrected chi connectivity index (χ1v) is 17.3. The standard InChI is InChI=1S/C46H48N2O2/c1-32(2)31-50-44(49)38(30-47)29-33-9-23-41(24-10-33)48(42-25-15-36(16-26-42)34-11-19-39(20-12-34)45(3,4)5)43-27-17-37(18-28-43)35-13-21-40(22-14-35)46(6,7)8/h9-29,32H,31H2,1-8H3/b38-29-. The van der Waals surface area contributed by atoms with Crippen molar-refractivity contribution in [3.05, 3.63) is 144 Å². The van der Waals surface area contributed by atoms with Gasteiger partial charge in [-0.2, -0.15) is 5.26 Å². The maximum Gasteiger partial charge on any atom is 0.348 e. The van der Waals surface area contributed by atoms with Crippen molar-refractivity contribution in [2.24, 2.45) is 5.92 Å². The monoisotopic (exact) mass is 660 g/mol. The highest BCUT2D eigenvalue weighted by atomic mass is 16.5. The Bertz CT molecular complexity index is 1860. The average Bonchev–Trinajstić information content (AvgIpc) is 3.10. The lowest BCUT2D eigenvalue weighted by Gasteiger charge is -2.26. The van der Waals surface area contributed by atoms with Crippen LogP contribution in [0.2, 0.25) is 0 Å². The third-order valence-electron chi connectivity index (χ3n) is 8.77. The summed E-state index contributed by atoms with van der Waals surface area (Å²) in [5.74, 6) is -0.413. The van der Waals surface area contributed by atoms with Gasteiger partial charge in [-0.3, -0.25) is 0 Å². The topological polar surface area (TPSA) is 53.3 Å². The second kappa shape index (κ2) is 15.0. The van der Waals surface area contributed by atoms with E-state index in [1.165, 1.54) is 22.3 Å². The van der Waals surface area contributed by atoms with Gasteiger partial charge in [0.05, 0.1) is 6.61 Å². The van der Waals surface area contributed by atoms with Crippen molar-refractivity contribution >= 4 is 29.1 Å². The van der Waals surface area contributed by atoms with E-state index in [-0.39, 0.29) is 28.9 Å². The predicted octanol–water partition coefficient (Wildman–Crippen LogP) is 12.2. The first kappa shape index (κ1) is 35.9. The Hall–Kier alpha value is -5.40. The van der Waals surface area contributed by atoms with Crippen molar-refractivity contribution in [2.75, 3.05) is 11.5 Å². The summed E-state index contributed by atoms with van der Waals surface area (Å²) in [6.07, 6.45) is 1.58. The van der Waals surface area contributed by atoms with E-state index in [4.69, 9.17) is 4.74 Å². The number of carbonyl (C=O) groups excluding carboxylic acids is 1. The molecule has 0 saturated carbocycles. The van der Waals surface area contributed by atoms with E-state index in [1.807, 2.05) is 44.2 Å². The van der Waals surface area contributed by atoms with Crippen LogP contribution in [0.25, 0.3) is 28.3 Å². The number of nitriles is 1. The minimum Gasteiger partial charge on any atom is -0.461 e. The smallest absolute Gasteiger partial charge is 0.348 e. The third-order valence-corrected chi connectivity index (χ3v) is 8.77. The molecule has 254 valence electrons. The van der Waals surface area contributed by atoms with Crippen LogP contribution in [0, 0.1) is 17.2 Å². The fourth-order valence-electron chi connectivity index (χ4n) is 5.72. The lowest BCUT2D eigenvalue weighted by Crippen LogP contribution is -2.11. The number of ether oxygens (including phenoxy) is 1. The molecule has 0 fully saturated rings. The number of esters is 1. The molecule has 5 rings (SSSR count). The van der Waals surface area contributed by atoms with Crippen molar-refractivity contribution in [1.82, 2.24) is 0 Å². The summed E-state index contributed by atoms with van der Waals surface area (Å²) in [5, 5.41) is 9.64. The molecule has 5 aromatic carbocycles. The van der Waals surface area contributed by atoms with Gasteiger partial charge in [0.1, 0.15) is 11.6 Å². The van der Waals surface area contributed by atoms with Crippen molar-refractivity contribution in [2.45, 2.75) is 66.2 Å². The molecule has 4 heteroatoms. The zero-order valence-electron chi connectivity index (χ0n) is 30.6. The van der Waals surface area contributed by atoms with Gasteiger partial charge in [0.2, 0.25) is 0 Å². The van der Waals surface area contributed by atoms with Gasteiger partial charge >= 0.3 is 5.97 Å². The molecule has 4 nitrogen and oxygen atoms in total. The lowest BCUT2D eigenvalue weighted by molar-refractivity contribution is -0.139. The number of hydrogen-bond donors (Lipinski definition) is 0. The summed E-state index contributed by atoms with van der Waals surface area (Å²) in [5.41, 5.74) is 11.2. The molecule has 0 radical (unpaired) electrons. The Morgan fingerprint density at radius 3 is 1.28 bits per heavy atom. The maximum atomic E-state index is 12.5. The van der Waals surface area contributed by atoms with Crippen LogP contribution >= 0.6 is 0 Å². The second-order valence-corrected chi connectivity index (χ2v) is 15.3. The first-order chi connectivity index (χ1) is 23.7. The van der Waals surface area contributed by atoms with Crippen LogP contribution in [-0.4, -0.2) is 12.6 Å². The molecule has 50 heavy (non-hydrogen) atoms. The highest BCUT2D eigenvalue weighted by Crippen LogP contribution is 2.37.